The standard InChI is InChI=1S/C44H79FN3O12P/c1-3-5-7-9-11-13-15-17-19-21-23-25-27-29-38(49)56-32-35(59-39(50)30-28-26-24-22-20-18-16-14-12-10-8-6-4-2)33-57-61(54,55)58-34-37-40(51)41(52)43(60-37)48-31-36(45)42(46)47-44(48)53/h31,35,37,40-41,43,51-52H,3-30,32-34H2,1-2H3,(H,54,55)(H2,46,47,53)/p-1/t35-,37+,40+,41-,43+/m0/s1. The number of hydrogen-bond donors (Lipinski definition) is 3. The van der Waals surface area contributed by atoms with Crippen LogP contribution < -0.4 is 16.3 Å². The van der Waals surface area contributed by atoms with Gasteiger partial charge in [-0.3, -0.25) is 18.7 Å². The number of halogens is 1. The topological polar surface area (TPSA) is 222 Å². The van der Waals surface area contributed by atoms with E-state index in [2.05, 4.69) is 18.8 Å². The van der Waals surface area contributed by atoms with Gasteiger partial charge < -0.3 is 44.1 Å². The van der Waals surface area contributed by atoms with Crippen molar-refractivity contribution < 1.29 is 56.9 Å². The van der Waals surface area contributed by atoms with Crippen LogP contribution in [-0.4, -0.2) is 75.9 Å². The molecule has 1 saturated heterocycles. The zero-order chi connectivity index (χ0) is 44.7. The van der Waals surface area contributed by atoms with E-state index < -0.39 is 87.6 Å². The van der Waals surface area contributed by atoms with E-state index in [9.17, 15) is 38.4 Å². The molecule has 0 radical (unpaired) electrons. The molecule has 1 aliphatic heterocycles. The smallest absolute Gasteiger partial charge is 0.351 e. The van der Waals surface area contributed by atoms with Crippen molar-refractivity contribution in [1.29, 1.82) is 0 Å². The summed E-state index contributed by atoms with van der Waals surface area (Å²) in [4.78, 5) is 53.6. The summed E-state index contributed by atoms with van der Waals surface area (Å²) in [7, 11) is -5.16. The lowest BCUT2D eigenvalue weighted by atomic mass is 10.0. The molecule has 0 bridgehead atoms. The number of carbonyl (C=O) groups excluding carboxylic acids is 2. The van der Waals surface area contributed by atoms with Crippen molar-refractivity contribution in [3.8, 4) is 0 Å². The van der Waals surface area contributed by atoms with E-state index >= 15 is 0 Å². The molecule has 1 aliphatic rings. The van der Waals surface area contributed by atoms with Crippen molar-refractivity contribution in [3.05, 3.63) is 22.5 Å². The number of aliphatic hydroxyl groups is 2. The molecule has 0 aromatic carbocycles. The van der Waals surface area contributed by atoms with Crippen LogP contribution in [0.2, 0.25) is 0 Å². The van der Waals surface area contributed by atoms with Gasteiger partial charge in [0.05, 0.1) is 19.4 Å². The number of ether oxygens (including phenoxy) is 3. The van der Waals surface area contributed by atoms with Crippen molar-refractivity contribution in [2.45, 2.75) is 224 Å². The van der Waals surface area contributed by atoms with Crippen molar-refractivity contribution in [1.82, 2.24) is 9.55 Å². The van der Waals surface area contributed by atoms with Gasteiger partial charge in [0, 0.05) is 12.8 Å². The van der Waals surface area contributed by atoms with Gasteiger partial charge in [0.2, 0.25) is 0 Å². The van der Waals surface area contributed by atoms with Gasteiger partial charge >= 0.3 is 17.6 Å². The number of aromatic nitrogens is 2. The number of nitrogen functional groups attached to an aromatic ring is 1. The van der Waals surface area contributed by atoms with Crippen LogP contribution >= 0.6 is 7.82 Å². The highest BCUT2D eigenvalue weighted by Crippen LogP contribution is 2.40. The highest BCUT2D eigenvalue weighted by molar-refractivity contribution is 7.45. The number of anilines is 1. The van der Waals surface area contributed by atoms with Crippen LogP contribution in [0.15, 0.2) is 11.0 Å². The molecule has 17 heteroatoms. The number of phosphoric acid groups is 1. The Labute approximate surface area is 363 Å². The first-order valence-electron chi connectivity index (χ1n) is 23.4. The van der Waals surface area contributed by atoms with E-state index in [-0.39, 0.29) is 12.8 Å². The number of carbonyl (C=O) groups is 2. The normalized spacial score (nSPS) is 19.2. The van der Waals surface area contributed by atoms with E-state index in [1.807, 2.05) is 0 Å². The number of aliphatic hydroxyl groups excluding tert-OH is 2. The second kappa shape index (κ2) is 33.1. The third-order valence-corrected chi connectivity index (χ3v) is 12.0. The molecule has 2 rings (SSSR count). The average Bonchev–Trinajstić information content (AvgIpc) is 3.51. The molecule has 6 atom stereocenters. The van der Waals surface area contributed by atoms with Crippen LogP contribution in [0.25, 0.3) is 0 Å². The van der Waals surface area contributed by atoms with Gasteiger partial charge in [0.25, 0.3) is 7.82 Å². The lowest BCUT2D eigenvalue weighted by Crippen LogP contribution is -2.36. The molecule has 0 aliphatic carbocycles. The number of hydrogen-bond acceptors (Lipinski definition) is 14. The second-order valence-corrected chi connectivity index (χ2v) is 17.9. The molecule has 2 heterocycles. The zero-order valence-corrected chi connectivity index (χ0v) is 38.1. The quantitative estimate of drug-likeness (QED) is 0.0322. The highest BCUT2D eigenvalue weighted by atomic mass is 31.2. The largest absolute Gasteiger partial charge is 0.756 e. The summed E-state index contributed by atoms with van der Waals surface area (Å²) < 4.78 is 53.5. The Morgan fingerprint density at radius 2 is 1.20 bits per heavy atom. The fourth-order valence-electron chi connectivity index (χ4n) is 7.31. The van der Waals surface area contributed by atoms with Crippen molar-refractivity contribution in [2.75, 3.05) is 25.6 Å². The van der Waals surface area contributed by atoms with E-state index in [1.165, 1.54) is 109 Å². The number of esters is 2. The number of rotatable bonds is 38. The molecular formula is C44H78FN3O12P-. The van der Waals surface area contributed by atoms with Gasteiger partial charge in [-0.1, -0.05) is 168 Å². The highest BCUT2D eigenvalue weighted by Gasteiger charge is 2.45. The number of nitrogens with zero attached hydrogens (tertiary/aromatic N) is 2. The molecule has 1 aromatic heterocycles. The molecule has 0 spiro atoms. The molecule has 1 aromatic rings. The van der Waals surface area contributed by atoms with Crippen LogP contribution in [0.4, 0.5) is 10.2 Å². The minimum atomic E-state index is -5.16. The van der Waals surface area contributed by atoms with Crippen LogP contribution in [0.5, 0.6) is 0 Å². The Morgan fingerprint density at radius 3 is 1.67 bits per heavy atom. The molecule has 1 fully saturated rings. The molecule has 0 saturated carbocycles. The van der Waals surface area contributed by atoms with E-state index in [0.717, 1.165) is 44.9 Å². The summed E-state index contributed by atoms with van der Waals surface area (Å²) in [5, 5.41) is 20.9. The Hall–Kier alpha value is -2.46. The van der Waals surface area contributed by atoms with Crippen LogP contribution in [0, 0.1) is 5.82 Å². The maximum Gasteiger partial charge on any atom is 0.351 e. The van der Waals surface area contributed by atoms with Gasteiger partial charge in [-0.15, -0.1) is 0 Å². The fourth-order valence-corrected chi connectivity index (χ4v) is 8.06. The van der Waals surface area contributed by atoms with Gasteiger partial charge in [0.1, 0.15) is 24.9 Å². The first-order valence-corrected chi connectivity index (χ1v) is 24.9. The molecule has 61 heavy (non-hydrogen) atoms. The molecule has 0 amide bonds. The molecule has 15 nitrogen and oxygen atoms in total. The molecular weight excluding hydrogens is 812 g/mol. The van der Waals surface area contributed by atoms with Crippen molar-refractivity contribution >= 4 is 25.6 Å². The minimum Gasteiger partial charge on any atom is -0.756 e. The monoisotopic (exact) mass is 891 g/mol. The predicted molar refractivity (Wildman–Crippen MR) is 230 cm³/mol. The maximum absolute atomic E-state index is 14.0. The molecule has 1 unspecified atom stereocenters. The third kappa shape index (κ3) is 24.8. The summed E-state index contributed by atoms with van der Waals surface area (Å²) in [5.41, 5.74) is 4.23. The van der Waals surface area contributed by atoms with Crippen LogP contribution in [0.3, 0.4) is 0 Å². The van der Waals surface area contributed by atoms with E-state index in [1.54, 1.807) is 0 Å². The average molecular weight is 891 g/mol. The second-order valence-electron chi connectivity index (χ2n) is 16.5. The van der Waals surface area contributed by atoms with Crippen molar-refractivity contribution in [3.63, 3.8) is 0 Å². The first-order chi connectivity index (χ1) is 29.4. The number of phosphoric ester groups is 1. The number of nitrogens with two attached hydrogens (primary N) is 1. The maximum atomic E-state index is 14.0. The van der Waals surface area contributed by atoms with Crippen LogP contribution in [0.1, 0.15) is 200 Å². The summed E-state index contributed by atoms with van der Waals surface area (Å²) in [6.45, 7) is 2.44. The van der Waals surface area contributed by atoms with Gasteiger partial charge in [-0.25, -0.2) is 9.18 Å². The summed E-state index contributed by atoms with van der Waals surface area (Å²) in [5.74, 6) is -2.84. The Morgan fingerprint density at radius 1 is 0.754 bits per heavy atom. The van der Waals surface area contributed by atoms with Gasteiger partial charge in [-0.2, -0.15) is 4.98 Å². The lowest BCUT2D eigenvalue weighted by molar-refractivity contribution is -0.231. The zero-order valence-electron chi connectivity index (χ0n) is 37.2. The Kier molecular flexibility index (Phi) is 29.7. The molecule has 4 N–H and O–H groups in total. The first kappa shape index (κ1) is 54.7. The lowest BCUT2D eigenvalue weighted by Gasteiger charge is -2.27. The Bertz CT molecular complexity index is 1440. The SMILES string of the molecule is CCCCCCCCCCCCCCCC(=O)OC[C@@H](COP(=O)([O-])OC[C@H]1O[C@@H](n2cc(F)c(N)nc2=O)[C@@H](O)[C@@H]1O)OC(=O)CCCCCCCCCCCCCCC. The third-order valence-electron chi connectivity index (χ3n) is 11.1. The fraction of sp³-hybridized carbons (Fsp3) is 0.864. The van der Waals surface area contributed by atoms with E-state index in [4.69, 9.17) is 29.0 Å². The molecule has 354 valence electrons. The van der Waals surface area contributed by atoms with E-state index in [0.29, 0.717) is 23.6 Å². The summed E-state index contributed by atoms with van der Waals surface area (Å²) >= 11 is 0. The summed E-state index contributed by atoms with van der Waals surface area (Å²) in [6, 6.07) is 0. The summed E-state index contributed by atoms with van der Waals surface area (Å²) in [6.07, 6.45) is 23.1. The van der Waals surface area contributed by atoms with Crippen molar-refractivity contribution in [2.24, 2.45) is 0 Å². The van der Waals surface area contributed by atoms with Gasteiger partial charge in [-0.05, 0) is 12.8 Å². The van der Waals surface area contributed by atoms with Crippen LogP contribution in [-0.2, 0) is 37.4 Å². The number of unbranched alkanes of at least 4 members (excludes halogenated alkanes) is 24. The minimum absolute atomic E-state index is 0.101. The predicted octanol–water partition coefficient (Wildman–Crippen LogP) is 8.50. The van der Waals surface area contributed by atoms with Gasteiger partial charge in [0.15, 0.2) is 24.0 Å². The Balaban J connectivity index is 1.79.